The minimum Gasteiger partial charge on any atom is -0.490 e. The van der Waals surface area contributed by atoms with Crippen LogP contribution < -0.4 is 30.3 Å². The van der Waals surface area contributed by atoms with Crippen LogP contribution in [0.1, 0.15) is 36.6 Å². The number of methoxy groups -OCH3 is 1. The number of ether oxygens (including phenoxy) is 4. The fraction of sp³-hybridized carbons (Fsp3) is 0.258. The number of benzene rings is 3. The summed E-state index contributed by atoms with van der Waals surface area (Å²) >= 11 is 24.7. The molecule has 0 unspecified atom stereocenters. The Morgan fingerprint density at radius 3 is 2.52 bits per heavy atom. The first kappa shape index (κ1) is 35.0. The smallest absolute Gasteiger partial charge is 0.337 e. The number of hydrogen-bond donors (Lipinski definition) is 4. The van der Waals surface area contributed by atoms with Crippen LogP contribution in [-0.2, 0) is 16.1 Å². The number of esters is 1. The van der Waals surface area contributed by atoms with Crippen LogP contribution >= 0.6 is 46.4 Å². The summed E-state index contributed by atoms with van der Waals surface area (Å²) in [4.78, 5) is 24.6. The fourth-order valence-electron chi connectivity index (χ4n) is 4.43. The Balaban J connectivity index is 1.43. The lowest BCUT2D eigenvalue weighted by Gasteiger charge is -2.28. The van der Waals surface area contributed by atoms with Gasteiger partial charge in [-0.2, -0.15) is 5.10 Å². The van der Waals surface area contributed by atoms with Gasteiger partial charge >= 0.3 is 12.0 Å². The third kappa shape index (κ3) is 8.89. The highest BCUT2D eigenvalue weighted by Crippen LogP contribution is 2.35. The number of nitrogens with one attached hydrogen (secondary N) is 3. The third-order valence-corrected chi connectivity index (χ3v) is 7.74. The van der Waals surface area contributed by atoms with E-state index in [4.69, 9.17) is 65.4 Å². The van der Waals surface area contributed by atoms with Crippen LogP contribution in [0.3, 0.4) is 0 Å². The van der Waals surface area contributed by atoms with Gasteiger partial charge in [-0.05, 0) is 61.4 Å². The number of hydrazone groups is 1. The van der Waals surface area contributed by atoms with Crippen molar-refractivity contribution in [2.24, 2.45) is 5.10 Å². The number of halogens is 4. The van der Waals surface area contributed by atoms with E-state index in [1.54, 1.807) is 56.3 Å². The second-order valence-corrected chi connectivity index (χ2v) is 11.4. The van der Waals surface area contributed by atoms with Gasteiger partial charge in [0.25, 0.3) is 0 Å². The van der Waals surface area contributed by atoms with E-state index in [0.29, 0.717) is 55.7 Å². The molecule has 1 aliphatic rings. The Morgan fingerprint density at radius 1 is 1.02 bits per heavy atom. The van der Waals surface area contributed by atoms with Gasteiger partial charge in [-0.1, -0.05) is 58.5 Å². The van der Waals surface area contributed by atoms with Crippen molar-refractivity contribution >= 4 is 64.6 Å². The lowest BCUT2D eigenvalue weighted by molar-refractivity contribution is -0.136. The summed E-state index contributed by atoms with van der Waals surface area (Å²) < 4.78 is 22.4. The van der Waals surface area contributed by atoms with Crippen LogP contribution in [0.4, 0.5) is 4.79 Å². The Morgan fingerprint density at radius 2 is 1.80 bits per heavy atom. The summed E-state index contributed by atoms with van der Waals surface area (Å²) in [5, 5.41) is 21.4. The monoisotopic (exact) mass is 710 g/mol. The molecule has 1 heterocycles. The Bertz CT molecular complexity index is 1670. The van der Waals surface area contributed by atoms with Crippen molar-refractivity contribution in [3.8, 4) is 17.2 Å². The first-order valence-corrected chi connectivity index (χ1v) is 15.3. The van der Waals surface area contributed by atoms with Crippen molar-refractivity contribution in [3.05, 3.63) is 96.6 Å². The number of rotatable bonds is 13. The van der Waals surface area contributed by atoms with Gasteiger partial charge < -0.3 is 34.7 Å². The molecule has 15 heteroatoms. The maximum atomic E-state index is 12.5. The molecule has 244 valence electrons. The average molecular weight is 712 g/mol. The molecular weight excluding hydrogens is 682 g/mol. The highest BCUT2D eigenvalue weighted by Gasteiger charge is 2.32. The molecule has 46 heavy (non-hydrogen) atoms. The second kappa shape index (κ2) is 16.1. The van der Waals surface area contributed by atoms with Crippen molar-refractivity contribution in [3.63, 3.8) is 0 Å². The number of aliphatic hydroxyl groups is 1. The Labute approximate surface area is 285 Å². The predicted molar refractivity (Wildman–Crippen MR) is 176 cm³/mol. The summed E-state index contributed by atoms with van der Waals surface area (Å²) in [6.07, 6.45) is 0.161. The molecule has 0 bridgehead atoms. The molecule has 2 amide bonds. The minimum absolute atomic E-state index is 0.147. The largest absolute Gasteiger partial charge is 0.490 e. The molecule has 2 atom stereocenters. The molecule has 3 aromatic rings. The normalized spacial score (nSPS) is 15.2. The minimum atomic E-state index is -1.24. The van der Waals surface area contributed by atoms with E-state index in [1.807, 2.05) is 0 Å². The molecule has 0 fully saturated rings. The topological polar surface area (TPSA) is 140 Å². The highest BCUT2D eigenvalue weighted by atomic mass is 35.5. The molecule has 1 aliphatic heterocycles. The predicted octanol–water partition coefficient (Wildman–Crippen LogP) is 6.40. The lowest BCUT2D eigenvalue weighted by atomic mass is 9.95. The van der Waals surface area contributed by atoms with Crippen LogP contribution in [0.15, 0.2) is 64.9 Å². The number of carbonyl (C=O) groups excluding carboxylic acids is 2. The average Bonchev–Trinajstić information content (AvgIpc) is 3.01. The Hall–Kier alpha value is -3.87. The SMILES string of the molecule is CCOc1cc([C@H]2NC(=O)NC(C)=C2C(=O)OC)ccc1OC[C@H](O)N/N=C/c1cc(Cl)cc(Cl)c1OCc1ccc(Cl)c(Cl)c1. The van der Waals surface area contributed by atoms with Gasteiger partial charge in [-0.15, -0.1) is 0 Å². The second-order valence-electron chi connectivity index (χ2n) is 9.76. The molecule has 0 saturated heterocycles. The highest BCUT2D eigenvalue weighted by molar-refractivity contribution is 6.42. The maximum absolute atomic E-state index is 12.5. The van der Waals surface area contributed by atoms with E-state index in [9.17, 15) is 14.7 Å². The Kier molecular flexibility index (Phi) is 12.3. The zero-order valence-corrected chi connectivity index (χ0v) is 27.9. The van der Waals surface area contributed by atoms with E-state index in [0.717, 1.165) is 5.56 Å². The molecule has 0 saturated carbocycles. The van der Waals surface area contributed by atoms with Crippen molar-refractivity contribution in [1.82, 2.24) is 16.1 Å². The van der Waals surface area contributed by atoms with Gasteiger partial charge in [0.05, 0.1) is 46.6 Å². The van der Waals surface area contributed by atoms with E-state index in [-0.39, 0.29) is 23.8 Å². The quantitative estimate of drug-likeness (QED) is 0.0692. The number of amides is 2. The molecule has 4 N–H and O–H groups in total. The van der Waals surface area contributed by atoms with Gasteiger partial charge in [0.15, 0.2) is 17.7 Å². The molecule has 0 aromatic heterocycles. The zero-order chi connectivity index (χ0) is 33.4. The fourth-order valence-corrected chi connectivity index (χ4v) is 5.31. The summed E-state index contributed by atoms with van der Waals surface area (Å²) in [5.74, 6) is 0.381. The number of allylic oxidation sites excluding steroid dienone is 1. The van der Waals surface area contributed by atoms with Crippen LogP contribution in [-0.4, -0.2) is 49.9 Å². The van der Waals surface area contributed by atoms with Crippen molar-refractivity contribution in [2.45, 2.75) is 32.7 Å². The number of aliphatic hydroxyl groups excluding tert-OH is 1. The van der Waals surface area contributed by atoms with Crippen molar-refractivity contribution in [1.29, 1.82) is 0 Å². The molecule has 3 aromatic carbocycles. The van der Waals surface area contributed by atoms with Crippen LogP contribution in [0.25, 0.3) is 0 Å². The van der Waals surface area contributed by atoms with Crippen molar-refractivity contribution < 1.29 is 33.6 Å². The van der Waals surface area contributed by atoms with Crippen molar-refractivity contribution in [2.75, 3.05) is 20.3 Å². The summed E-state index contributed by atoms with van der Waals surface area (Å²) in [7, 11) is 1.26. The van der Waals surface area contributed by atoms with Gasteiger partial charge in [0.1, 0.15) is 19.0 Å². The summed E-state index contributed by atoms with van der Waals surface area (Å²) in [5.41, 5.74) is 4.98. The number of nitrogens with zero attached hydrogens (tertiary/aromatic N) is 1. The molecule has 0 radical (unpaired) electrons. The van der Waals surface area contributed by atoms with Gasteiger partial charge in [-0.25, -0.2) is 9.59 Å². The summed E-state index contributed by atoms with van der Waals surface area (Å²) in [6.45, 7) is 3.64. The standard InChI is InChI=1S/C31H30Cl4N4O7/c1-4-44-25-11-18(28-27(30(41)43-3)16(2)37-31(42)38-28)6-8-24(25)45-15-26(40)39-36-13-19-10-20(32)12-23(35)29(19)46-14-17-5-7-21(33)22(34)9-17/h5-13,26,28,39-40H,4,14-15H2,1-3H3,(H2,37,38,42)/b36-13+/t26-,28+/m0/s1. The number of urea groups is 1. The van der Waals surface area contributed by atoms with Crippen LogP contribution in [0.5, 0.6) is 17.2 Å². The molecule has 11 nitrogen and oxygen atoms in total. The molecule has 4 rings (SSSR count). The first-order valence-electron chi connectivity index (χ1n) is 13.8. The van der Waals surface area contributed by atoms with Crippen LogP contribution in [0.2, 0.25) is 20.1 Å². The molecular formula is C31H30Cl4N4O7. The summed E-state index contributed by atoms with van der Waals surface area (Å²) in [6, 6.07) is 12.0. The number of hydrogen-bond acceptors (Lipinski definition) is 9. The third-order valence-electron chi connectivity index (χ3n) is 6.50. The molecule has 0 aliphatic carbocycles. The first-order chi connectivity index (χ1) is 22.0. The van der Waals surface area contributed by atoms with E-state index in [2.05, 4.69) is 21.2 Å². The van der Waals surface area contributed by atoms with E-state index < -0.39 is 24.3 Å². The van der Waals surface area contributed by atoms with Gasteiger partial charge in [0, 0.05) is 16.3 Å². The van der Waals surface area contributed by atoms with Gasteiger partial charge in [-0.3, -0.25) is 5.43 Å². The number of carbonyl (C=O) groups is 2. The van der Waals surface area contributed by atoms with E-state index in [1.165, 1.54) is 19.4 Å². The maximum Gasteiger partial charge on any atom is 0.337 e. The zero-order valence-electron chi connectivity index (χ0n) is 24.8. The van der Waals surface area contributed by atoms with E-state index >= 15 is 0 Å². The lowest BCUT2D eigenvalue weighted by Crippen LogP contribution is -2.45. The van der Waals surface area contributed by atoms with Crippen LogP contribution in [0, 0.1) is 0 Å². The van der Waals surface area contributed by atoms with Gasteiger partial charge in [0.2, 0.25) is 0 Å². The molecule has 0 spiro atoms.